The first-order chi connectivity index (χ1) is 14.5. The monoisotopic (exact) mass is 431 g/mol. The molecule has 0 fully saturated rings. The number of ether oxygens (including phenoxy) is 1. The second-order valence-electron chi connectivity index (χ2n) is 7.07. The molecule has 0 saturated carbocycles. The first kappa shape index (κ1) is 23.9. The Labute approximate surface area is 183 Å². The number of carbonyl (C=O) groups is 2. The summed E-state index contributed by atoms with van der Waals surface area (Å²) >= 11 is 1.66. The summed E-state index contributed by atoms with van der Waals surface area (Å²) in [4.78, 5) is 30.4. The lowest BCUT2D eigenvalue weighted by Crippen LogP contribution is -2.47. The first-order valence-corrected chi connectivity index (χ1v) is 11.4. The molecule has 30 heavy (non-hydrogen) atoms. The number of hydrogen-bond donors (Lipinski definition) is 1. The van der Waals surface area contributed by atoms with Crippen molar-refractivity contribution in [2.45, 2.75) is 40.3 Å². The molecule has 2 rings (SSSR count). The number of aryl methyl sites for hydroxylation is 1. The third-order valence-electron chi connectivity index (χ3n) is 4.73. The van der Waals surface area contributed by atoms with Crippen LogP contribution >= 0.6 is 11.3 Å². The van der Waals surface area contributed by atoms with Gasteiger partial charge in [-0.05, 0) is 49.8 Å². The normalized spacial score (nSPS) is 10.6. The molecule has 0 radical (unpaired) electrons. The van der Waals surface area contributed by atoms with E-state index in [9.17, 15) is 9.59 Å². The first-order valence-electron chi connectivity index (χ1n) is 10.5. The summed E-state index contributed by atoms with van der Waals surface area (Å²) in [6.07, 6.45) is 0.695. The van der Waals surface area contributed by atoms with Crippen molar-refractivity contribution in [3.05, 3.63) is 57.8 Å². The van der Waals surface area contributed by atoms with Gasteiger partial charge in [-0.2, -0.15) is 0 Å². The SMILES string of the molecule is CCNC(=O)N(CCCOCC)CC(=O)N(Cc1ccccc1)Cc1sccc1C. The Morgan fingerprint density at radius 2 is 1.83 bits per heavy atom. The zero-order valence-electron chi connectivity index (χ0n) is 18.2. The largest absolute Gasteiger partial charge is 0.382 e. The highest BCUT2D eigenvalue weighted by Gasteiger charge is 2.22. The van der Waals surface area contributed by atoms with Crippen molar-refractivity contribution in [3.63, 3.8) is 0 Å². The molecule has 1 N–H and O–H groups in total. The van der Waals surface area contributed by atoms with Crippen molar-refractivity contribution < 1.29 is 14.3 Å². The molecule has 3 amide bonds. The molecule has 0 aliphatic heterocycles. The Kier molecular flexibility index (Phi) is 10.4. The van der Waals surface area contributed by atoms with E-state index in [0.717, 1.165) is 5.56 Å². The van der Waals surface area contributed by atoms with E-state index in [-0.39, 0.29) is 18.5 Å². The zero-order valence-corrected chi connectivity index (χ0v) is 19.0. The second-order valence-corrected chi connectivity index (χ2v) is 8.07. The molecule has 1 heterocycles. The minimum absolute atomic E-state index is 0.0508. The molecule has 1 aromatic carbocycles. The highest BCUT2D eigenvalue weighted by molar-refractivity contribution is 7.10. The number of hydrogen-bond acceptors (Lipinski definition) is 4. The van der Waals surface area contributed by atoms with Crippen LogP contribution in [0, 0.1) is 6.92 Å². The van der Waals surface area contributed by atoms with Gasteiger partial charge in [0.05, 0.1) is 6.54 Å². The summed E-state index contributed by atoms with van der Waals surface area (Å²) in [6.45, 7) is 9.21. The van der Waals surface area contributed by atoms with E-state index >= 15 is 0 Å². The van der Waals surface area contributed by atoms with E-state index in [0.29, 0.717) is 45.8 Å². The summed E-state index contributed by atoms with van der Waals surface area (Å²) in [5, 5.41) is 4.86. The van der Waals surface area contributed by atoms with Crippen LogP contribution in [-0.4, -0.2) is 54.6 Å². The Bertz CT molecular complexity index is 779. The van der Waals surface area contributed by atoms with E-state index in [1.54, 1.807) is 16.2 Å². The lowest BCUT2D eigenvalue weighted by Gasteiger charge is -2.28. The molecule has 0 spiro atoms. The van der Waals surface area contributed by atoms with Gasteiger partial charge in [0.25, 0.3) is 0 Å². The number of urea groups is 1. The highest BCUT2D eigenvalue weighted by atomic mass is 32.1. The number of nitrogens with one attached hydrogen (secondary N) is 1. The van der Waals surface area contributed by atoms with E-state index in [1.165, 1.54) is 10.4 Å². The third kappa shape index (κ3) is 7.80. The lowest BCUT2D eigenvalue weighted by molar-refractivity contribution is -0.133. The Morgan fingerprint density at radius 1 is 1.07 bits per heavy atom. The topological polar surface area (TPSA) is 61.9 Å². The molecule has 0 aliphatic rings. The summed E-state index contributed by atoms with van der Waals surface area (Å²) < 4.78 is 5.39. The van der Waals surface area contributed by atoms with Gasteiger partial charge in [0.15, 0.2) is 0 Å². The van der Waals surface area contributed by atoms with Gasteiger partial charge in [-0.25, -0.2) is 4.79 Å². The van der Waals surface area contributed by atoms with Crippen molar-refractivity contribution in [2.75, 3.05) is 32.8 Å². The van der Waals surface area contributed by atoms with Crippen LogP contribution in [0.1, 0.15) is 36.3 Å². The maximum absolute atomic E-state index is 13.3. The van der Waals surface area contributed by atoms with E-state index in [4.69, 9.17) is 4.74 Å². The third-order valence-corrected chi connectivity index (χ3v) is 5.74. The van der Waals surface area contributed by atoms with Crippen LogP contribution in [0.4, 0.5) is 4.79 Å². The van der Waals surface area contributed by atoms with Gasteiger partial charge in [-0.15, -0.1) is 11.3 Å². The average molecular weight is 432 g/mol. The summed E-state index contributed by atoms with van der Waals surface area (Å²) in [5.74, 6) is -0.0608. The second kappa shape index (κ2) is 13.0. The van der Waals surface area contributed by atoms with Gasteiger partial charge >= 0.3 is 6.03 Å². The van der Waals surface area contributed by atoms with Crippen LogP contribution in [0.2, 0.25) is 0 Å². The fourth-order valence-corrected chi connectivity index (χ4v) is 3.98. The molecule has 0 unspecified atom stereocenters. The molecule has 6 nitrogen and oxygen atoms in total. The van der Waals surface area contributed by atoms with Gasteiger partial charge in [-0.1, -0.05) is 30.3 Å². The molecule has 2 aromatic rings. The van der Waals surface area contributed by atoms with Gasteiger partial charge in [0.2, 0.25) is 5.91 Å². The van der Waals surface area contributed by atoms with Crippen LogP contribution in [-0.2, 0) is 22.6 Å². The fraction of sp³-hybridized carbons (Fsp3) is 0.478. The quantitative estimate of drug-likeness (QED) is 0.516. The average Bonchev–Trinajstić information content (AvgIpc) is 3.15. The van der Waals surface area contributed by atoms with E-state index in [2.05, 4.69) is 18.3 Å². The predicted molar refractivity (Wildman–Crippen MR) is 122 cm³/mol. The van der Waals surface area contributed by atoms with Crippen LogP contribution in [0.15, 0.2) is 41.8 Å². The van der Waals surface area contributed by atoms with E-state index in [1.807, 2.05) is 54.5 Å². The molecule has 0 atom stereocenters. The van der Waals surface area contributed by atoms with Crippen LogP contribution in [0.5, 0.6) is 0 Å². The minimum Gasteiger partial charge on any atom is -0.382 e. The number of benzene rings is 1. The van der Waals surface area contributed by atoms with Crippen molar-refractivity contribution in [1.82, 2.24) is 15.1 Å². The number of rotatable bonds is 12. The molecular formula is C23H33N3O3S. The smallest absolute Gasteiger partial charge is 0.317 e. The molecule has 164 valence electrons. The van der Waals surface area contributed by atoms with Crippen LogP contribution < -0.4 is 5.32 Å². The van der Waals surface area contributed by atoms with Crippen LogP contribution in [0.3, 0.4) is 0 Å². The number of nitrogens with zero attached hydrogens (tertiary/aromatic N) is 2. The maximum Gasteiger partial charge on any atom is 0.317 e. The van der Waals surface area contributed by atoms with Crippen molar-refractivity contribution in [3.8, 4) is 0 Å². The molecule has 0 bridgehead atoms. The molecule has 0 saturated heterocycles. The number of thiophene rings is 1. The Hall–Kier alpha value is -2.38. The minimum atomic E-state index is -0.214. The summed E-state index contributed by atoms with van der Waals surface area (Å²) in [6, 6.07) is 11.8. The van der Waals surface area contributed by atoms with Gasteiger partial charge in [-0.3, -0.25) is 4.79 Å². The van der Waals surface area contributed by atoms with Crippen molar-refractivity contribution in [2.24, 2.45) is 0 Å². The van der Waals surface area contributed by atoms with Gasteiger partial charge < -0.3 is 19.9 Å². The molecular weight excluding hydrogens is 398 g/mol. The molecule has 0 aliphatic carbocycles. The number of carbonyl (C=O) groups excluding carboxylic acids is 2. The molecule has 7 heteroatoms. The lowest BCUT2D eigenvalue weighted by atomic mass is 10.2. The summed E-state index contributed by atoms with van der Waals surface area (Å²) in [5.41, 5.74) is 2.25. The van der Waals surface area contributed by atoms with E-state index < -0.39 is 0 Å². The van der Waals surface area contributed by atoms with Crippen molar-refractivity contribution in [1.29, 1.82) is 0 Å². The zero-order chi connectivity index (χ0) is 21.8. The molecule has 1 aromatic heterocycles. The van der Waals surface area contributed by atoms with Gasteiger partial charge in [0, 0.05) is 37.7 Å². The fourth-order valence-electron chi connectivity index (χ4n) is 3.06. The standard InChI is InChI=1S/C23H33N3O3S/c1-4-24-23(28)25(13-9-14-29-5-2)18-22(27)26(16-20-10-7-6-8-11-20)17-21-19(3)12-15-30-21/h6-8,10-12,15H,4-5,9,13-14,16-18H2,1-3H3,(H,24,28). The maximum atomic E-state index is 13.3. The van der Waals surface area contributed by atoms with Gasteiger partial charge in [0.1, 0.15) is 6.54 Å². The summed E-state index contributed by atoms with van der Waals surface area (Å²) in [7, 11) is 0. The van der Waals surface area contributed by atoms with Crippen LogP contribution in [0.25, 0.3) is 0 Å². The Morgan fingerprint density at radius 3 is 2.47 bits per heavy atom. The predicted octanol–water partition coefficient (Wildman–Crippen LogP) is 4.04. The van der Waals surface area contributed by atoms with Crippen molar-refractivity contribution >= 4 is 23.3 Å². The highest BCUT2D eigenvalue weighted by Crippen LogP contribution is 2.19. The number of amides is 3. The Balaban J connectivity index is 2.11.